The van der Waals surface area contributed by atoms with E-state index in [4.69, 9.17) is 18.9 Å². The van der Waals surface area contributed by atoms with Crippen LogP contribution >= 0.6 is 15.9 Å². The van der Waals surface area contributed by atoms with Crippen molar-refractivity contribution in [1.29, 1.82) is 0 Å². The van der Waals surface area contributed by atoms with E-state index < -0.39 is 11.6 Å². The average molecular weight is 640 g/mol. The van der Waals surface area contributed by atoms with Crippen LogP contribution in [0.25, 0.3) is 0 Å². The highest BCUT2D eigenvalue weighted by Crippen LogP contribution is 2.42. The van der Waals surface area contributed by atoms with Crippen LogP contribution in [0.4, 0.5) is 0 Å². The quantitative estimate of drug-likeness (QED) is 0.117. The smallest absolute Gasteiger partial charge is 0.337 e. The Morgan fingerprint density at radius 3 is 2.07 bits per heavy atom. The summed E-state index contributed by atoms with van der Waals surface area (Å²) in [7, 11) is 3.00. The molecule has 0 saturated carbocycles. The number of rotatable bonds is 11. The van der Waals surface area contributed by atoms with E-state index in [1.54, 1.807) is 37.4 Å². The number of phenols is 1. The number of esters is 1. The summed E-state index contributed by atoms with van der Waals surface area (Å²) in [6.07, 6.45) is 0. The van der Waals surface area contributed by atoms with Crippen LogP contribution < -0.4 is 9.47 Å². The molecule has 0 spiro atoms. The van der Waals surface area contributed by atoms with Crippen LogP contribution in [0.5, 0.6) is 17.2 Å². The van der Waals surface area contributed by atoms with Gasteiger partial charge < -0.3 is 24.1 Å². The number of hydrogen-bond acceptors (Lipinski definition) is 6. The third-order valence-corrected chi connectivity index (χ3v) is 7.94. The van der Waals surface area contributed by atoms with Crippen LogP contribution in [-0.4, -0.2) is 25.3 Å². The number of carbonyl (C=O) groups is 1. The molecule has 218 valence electrons. The van der Waals surface area contributed by atoms with E-state index in [-0.39, 0.29) is 19.0 Å². The van der Waals surface area contributed by atoms with Crippen LogP contribution in [-0.2, 0) is 28.3 Å². The minimum atomic E-state index is -0.989. The van der Waals surface area contributed by atoms with Crippen molar-refractivity contribution in [2.24, 2.45) is 0 Å². The predicted octanol–water partition coefficient (Wildman–Crippen LogP) is 8.04. The van der Waals surface area contributed by atoms with Gasteiger partial charge in [0.15, 0.2) is 0 Å². The van der Waals surface area contributed by atoms with Gasteiger partial charge >= 0.3 is 5.97 Å². The molecular formula is C36H31BrO6. The van der Waals surface area contributed by atoms with Gasteiger partial charge in [0.05, 0.1) is 26.4 Å². The van der Waals surface area contributed by atoms with E-state index in [1.807, 2.05) is 91.0 Å². The second-order valence-corrected chi connectivity index (χ2v) is 10.7. The van der Waals surface area contributed by atoms with Crippen molar-refractivity contribution in [2.45, 2.75) is 18.8 Å². The minimum absolute atomic E-state index is 0.175. The molecule has 0 aliphatic rings. The van der Waals surface area contributed by atoms with Crippen LogP contribution in [0.15, 0.2) is 126 Å². The van der Waals surface area contributed by atoms with Crippen molar-refractivity contribution in [1.82, 2.24) is 0 Å². The molecule has 43 heavy (non-hydrogen) atoms. The van der Waals surface area contributed by atoms with Gasteiger partial charge in [-0.2, -0.15) is 0 Å². The maximum Gasteiger partial charge on any atom is 0.337 e. The summed E-state index contributed by atoms with van der Waals surface area (Å²) in [6.45, 7) is 0.517. The number of hydrogen-bond donors (Lipinski definition) is 1. The topological polar surface area (TPSA) is 74.2 Å². The second-order valence-electron chi connectivity index (χ2n) is 9.85. The minimum Gasteiger partial charge on any atom is -0.508 e. The first-order valence-corrected chi connectivity index (χ1v) is 14.4. The molecule has 0 amide bonds. The number of halogens is 1. The molecule has 1 N–H and O–H groups in total. The van der Waals surface area contributed by atoms with Crippen molar-refractivity contribution in [3.63, 3.8) is 0 Å². The van der Waals surface area contributed by atoms with Gasteiger partial charge in [-0.15, -0.1) is 0 Å². The Kier molecular flexibility index (Phi) is 9.45. The Morgan fingerprint density at radius 1 is 0.721 bits per heavy atom. The summed E-state index contributed by atoms with van der Waals surface area (Å²) in [5.41, 5.74) is 3.91. The number of aromatic hydroxyl groups is 1. The van der Waals surface area contributed by atoms with Gasteiger partial charge in [-0.25, -0.2) is 4.79 Å². The molecule has 0 bridgehead atoms. The van der Waals surface area contributed by atoms with Gasteiger partial charge in [0.25, 0.3) is 0 Å². The highest BCUT2D eigenvalue weighted by Gasteiger charge is 2.38. The van der Waals surface area contributed by atoms with E-state index >= 15 is 0 Å². The largest absolute Gasteiger partial charge is 0.508 e. The van der Waals surface area contributed by atoms with Gasteiger partial charge in [-0.05, 0) is 76.9 Å². The first kappa shape index (κ1) is 29.9. The predicted molar refractivity (Wildman–Crippen MR) is 168 cm³/mol. The highest BCUT2D eigenvalue weighted by molar-refractivity contribution is 9.10. The Balaban J connectivity index is 1.46. The zero-order valence-corrected chi connectivity index (χ0v) is 25.4. The lowest BCUT2D eigenvalue weighted by Gasteiger charge is -2.36. The van der Waals surface area contributed by atoms with E-state index in [1.165, 1.54) is 7.11 Å². The lowest BCUT2D eigenvalue weighted by atomic mass is 9.80. The normalized spacial score (nSPS) is 12.3. The molecule has 5 rings (SSSR count). The monoisotopic (exact) mass is 638 g/mol. The fourth-order valence-corrected chi connectivity index (χ4v) is 5.31. The van der Waals surface area contributed by atoms with E-state index in [0.29, 0.717) is 11.3 Å². The lowest BCUT2D eigenvalue weighted by molar-refractivity contribution is 0.000106. The molecule has 0 heterocycles. The van der Waals surface area contributed by atoms with Crippen molar-refractivity contribution >= 4 is 21.9 Å². The molecule has 1 atom stereocenters. The summed E-state index contributed by atoms with van der Waals surface area (Å²) < 4.78 is 24.2. The molecule has 1 unspecified atom stereocenters. The zero-order valence-electron chi connectivity index (χ0n) is 23.8. The van der Waals surface area contributed by atoms with E-state index in [9.17, 15) is 9.90 Å². The van der Waals surface area contributed by atoms with Gasteiger partial charge in [0, 0.05) is 10.0 Å². The molecule has 5 aromatic carbocycles. The molecule has 7 heteroatoms. The zero-order chi connectivity index (χ0) is 30.2. The lowest BCUT2D eigenvalue weighted by Crippen LogP contribution is -2.32. The Labute approximate surface area is 259 Å². The summed E-state index contributed by atoms with van der Waals surface area (Å²) in [5, 5.41) is 10.1. The Bertz CT molecular complexity index is 1670. The molecule has 0 saturated heterocycles. The van der Waals surface area contributed by atoms with Crippen molar-refractivity contribution in [3.05, 3.63) is 159 Å². The number of benzene rings is 5. The Morgan fingerprint density at radius 2 is 1.40 bits per heavy atom. The average Bonchev–Trinajstić information content (AvgIpc) is 3.06. The molecule has 0 aliphatic carbocycles. The number of phenolic OH excluding ortho intramolecular Hbond substituents is 1. The van der Waals surface area contributed by atoms with Crippen molar-refractivity contribution in [3.8, 4) is 17.2 Å². The summed E-state index contributed by atoms with van der Waals surface area (Å²) in [6, 6.07) is 37.9. The third kappa shape index (κ3) is 6.74. The molecule has 0 radical (unpaired) electrons. The molecular weight excluding hydrogens is 608 g/mol. The highest BCUT2D eigenvalue weighted by atomic mass is 79.9. The van der Waals surface area contributed by atoms with E-state index in [2.05, 4.69) is 15.9 Å². The first-order chi connectivity index (χ1) is 20.9. The van der Waals surface area contributed by atoms with Gasteiger partial charge in [-0.3, -0.25) is 0 Å². The standard InChI is InChI=1S/C36H31BrO6/c1-40-32-18-14-30(15-19-32)36(28-8-4-3-5-9-28,29-12-16-31(38)17-13-29)43-23-25-7-6-10-33(21-25)42-24-27-22-26(35(39)41-2)11-20-34(27)37/h3-22,38H,23-24H2,1-2H3. The SMILES string of the molecule is COC(=O)c1ccc(Br)c(COc2cccc(COC(c3ccccc3)(c3ccc(O)cc3)c3ccc(OC)cc3)c2)c1. The fourth-order valence-electron chi connectivity index (χ4n) is 4.95. The van der Waals surface area contributed by atoms with Crippen LogP contribution in [0.1, 0.15) is 38.2 Å². The first-order valence-electron chi connectivity index (χ1n) is 13.6. The summed E-state index contributed by atoms with van der Waals surface area (Å²) in [4.78, 5) is 12.0. The fraction of sp³-hybridized carbons (Fsp3) is 0.139. The molecule has 0 aromatic heterocycles. The molecule has 0 aliphatic heterocycles. The van der Waals surface area contributed by atoms with Gasteiger partial charge in [-0.1, -0.05) is 82.7 Å². The van der Waals surface area contributed by atoms with Crippen molar-refractivity contribution in [2.75, 3.05) is 14.2 Å². The maximum absolute atomic E-state index is 12.0. The number of methoxy groups -OCH3 is 2. The summed E-state index contributed by atoms with van der Waals surface area (Å²) >= 11 is 3.54. The number of ether oxygens (including phenoxy) is 4. The Hall–Kier alpha value is -4.59. The van der Waals surface area contributed by atoms with Crippen molar-refractivity contribution < 1.29 is 28.8 Å². The maximum atomic E-state index is 12.0. The molecule has 0 fully saturated rings. The van der Waals surface area contributed by atoms with E-state index in [0.717, 1.165) is 38.0 Å². The number of carbonyl (C=O) groups excluding carboxylic acids is 1. The van der Waals surface area contributed by atoms with Gasteiger partial charge in [0.1, 0.15) is 29.5 Å². The van der Waals surface area contributed by atoms with Crippen LogP contribution in [0, 0.1) is 0 Å². The second kappa shape index (κ2) is 13.6. The molecule has 6 nitrogen and oxygen atoms in total. The summed E-state index contributed by atoms with van der Waals surface area (Å²) in [5.74, 6) is 1.18. The van der Waals surface area contributed by atoms with Crippen LogP contribution in [0.3, 0.4) is 0 Å². The third-order valence-electron chi connectivity index (χ3n) is 7.17. The van der Waals surface area contributed by atoms with Crippen LogP contribution in [0.2, 0.25) is 0 Å². The molecule has 5 aromatic rings. The van der Waals surface area contributed by atoms with Gasteiger partial charge in [0.2, 0.25) is 0 Å².